The summed E-state index contributed by atoms with van der Waals surface area (Å²) in [7, 11) is -3.42. The van der Waals surface area contributed by atoms with Gasteiger partial charge in [0, 0.05) is 17.5 Å². The number of nitrogens with zero attached hydrogens (tertiary/aromatic N) is 1. The number of nitro benzene ring substituents is 1. The van der Waals surface area contributed by atoms with Gasteiger partial charge in [0.05, 0.1) is 23.4 Å². The Morgan fingerprint density at radius 2 is 1.94 bits per heavy atom. The van der Waals surface area contributed by atoms with Gasteiger partial charge in [-0.25, -0.2) is 0 Å². The first-order valence-electron chi connectivity index (χ1n) is 5.47. The molecule has 7 heteroatoms. The van der Waals surface area contributed by atoms with E-state index in [1.54, 1.807) is 0 Å². The SMILES string of the molecule is CC1(C)COP(=O)(c2cccc([N+](=O)[O-])c2)OC1. The first kappa shape index (κ1) is 13.2. The average Bonchev–Trinajstić information content (AvgIpc) is 2.34. The van der Waals surface area contributed by atoms with E-state index in [4.69, 9.17) is 9.05 Å². The summed E-state index contributed by atoms with van der Waals surface area (Å²) in [5.41, 5.74) is -0.325. The molecule has 1 fully saturated rings. The Kier molecular flexibility index (Phi) is 3.27. The standard InChI is InChI=1S/C11H14NO5P/c1-11(2)7-16-18(15,17-8-11)10-5-3-4-9(6-10)12(13)14/h3-6H,7-8H2,1-2H3. The Hall–Kier alpha value is -1.23. The third-order valence-electron chi connectivity index (χ3n) is 2.61. The van der Waals surface area contributed by atoms with Crippen LogP contribution in [0.25, 0.3) is 0 Å². The van der Waals surface area contributed by atoms with Gasteiger partial charge in [0.1, 0.15) is 0 Å². The Balaban J connectivity index is 2.29. The predicted molar refractivity (Wildman–Crippen MR) is 66.0 cm³/mol. The van der Waals surface area contributed by atoms with Crippen LogP contribution in [0.3, 0.4) is 0 Å². The average molecular weight is 271 g/mol. The summed E-state index contributed by atoms with van der Waals surface area (Å²) in [6.45, 7) is 4.47. The Labute approximate surface area is 105 Å². The van der Waals surface area contributed by atoms with Crippen LogP contribution in [0.2, 0.25) is 0 Å². The third-order valence-corrected chi connectivity index (χ3v) is 4.46. The minimum atomic E-state index is -3.42. The molecular weight excluding hydrogens is 257 g/mol. The van der Waals surface area contributed by atoms with Crippen molar-refractivity contribution in [3.8, 4) is 0 Å². The summed E-state index contributed by atoms with van der Waals surface area (Å²) < 4.78 is 23.1. The van der Waals surface area contributed by atoms with E-state index in [1.165, 1.54) is 24.3 Å². The molecule has 0 amide bonds. The van der Waals surface area contributed by atoms with Crippen molar-refractivity contribution in [3.63, 3.8) is 0 Å². The number of non-ortho nitro benzene ring substituents is 1. The highest BCUT2D eigenvalue weighted by Gasteiger charge is 2.38. The molecule has 0 bridgehead atoms. The molecular formula is C11H14NO5P. The van der Waals surface area contributed by atoms with Crippen LogP contribution in [0.1, 0.15) is 13.8 Å². The third kappa shape index (κ3) is 2.61. The van der Waals surface area contributed by atoms with Crippen molar-refractivity contribution >= 4 is 18.6 Å². The summed E-state index contributed by atoms with van der Waals surface area (Å²) in [6, 6.07) is 5.56. The molecule has 1 aliphatic heterocycles. The van der Waals surface area contributed by atoms with Crippen LogP contribution in [0.4, 0.5) is 5.69 Å². The summed E-state index contributed by atoms with van der Waals surface area (Å²) >= 11 is 0. The highest BCUT2D eigenvalue weighted by Crippen LogP contribution is 2.52. The molecule has 0 aliphatic carbocycles. The predicted octanol–water partition coefficient (Wildman–Crippen LogP) is 2.49. The van der Waals surface area contributed by atoms with Gasteiger partial charge in [-0.3, -0.25) is 14.7 Å². The van der Waals surface area contributed by atoms with Crippen molar-refractivity contribution in [3.05, 3.63) is 34.4 Å². The zero-order valence-electron chi connectivity index (χ0n) is 10.2. The van der Waals surface area contributed by atoms with Crippen molar-refractivity contribution in [1.82, 2.24) is 0 Å². The maximum absolute atomic E-state index is 12.4. The fourth-order valence-corrected chi connectivity index (χ4v) is 3.49. The fourth-order valence-electron chi connectivity index (χ4n) is 1.52. The lowest BCUT2D eigenvalue weighted by Crippen LogP contribution is -2.31. The van der Waals surface area contributed by atoms with E-state index >= 15 is 0 Å². The topological polar surface area (TPSA) is 78.7 Å². The molecule has 1 saturated heterocycles. The van der Waals surface area contributed by atoms with Crippen molar-refractivity contribution < 1.29 is 18.5 Å². The second kappa shape index (κ2) is 4.46. The number of nitro groups is 1. The molecule has 2 rings (SSSR count). The van der Waals surface area contributed by atoms with Gasteiger partial charge < -0.3 is 9.05 Å². The molecule has 18 heavy (non-hydrogen) atoms. The Bertz CT molecular complexity index is 514. The van der Waals surface area contributed by atoms with Crippen LogP contribution >= 0.6 is 7.60 Å². The lowest BCUT2D eigenvalue weighted by atomic mass is 9.97. The first-order valence-corrected chi connectivity index (χ1v) is 7.01. The second-order valence-corrected chi connectivity index (χ2v) is 7.01. The summed E-state index contributed by atoms with van der Waals surface area (Å²) in [5, 5.41) is 10.9. The molecule has 6 nitrogen and oxygen atoms in total. The number of hydrogen-bond acceptors (Lipinski definition) is 5. The van der Waals surface area contributed by atoms with Gasteiger partial charge in [-0.15, -0.1) is 0 Å². The van der Waals surface area contributed by atoms with Crippen LogP contribution in [-0.2, 0) is 13.6 Å². The zero-order chi connectivity index (χ0) is 13.4. The lowest BCUT2D eigenvalue weighted by molar-refractivity contribution is -0.384. The maximum Gasteiger partial charge on any atom is 0.361 e. The molecule has 1 aromatic rings. The van der Waals surface area contributed by atoms with Crippen molar-refractivity contribution in [1.29, 1.82) is 0 Å². The lowest BCUT2D eigenvalue weighted by Gasteiger charge is -2.33. The largest absolute Gasteiger partial charge is 0.361 e. The van der Waals surface area contributed by atoms with E-state index in [9.17, 15) is 14.7 Å². The number of benzene rings is 1. The van der Waals surface area contributed by atoms with E-state index in [0.29, 0.717) is 13.2 Å². The number of rotatable bonds is 2. The minimum Gasteiger partial charge on any atom is -0.305 e. The van der Waals surface area contributed by atoms with E-state index in [0.717, 1.165) is 0 Å². The maximum atomic E-state index is 12.4. The molecule has 0 spiro atoms. The van der Waals surface area contributed by atoms with Gasteiger partial charge in [-0.2, -0.15) is 0 Å². The summed E-state index contributed by atoms with van der Waals surface area (Å²) in [5.74, 6) is 0. The molecule has 0 unspecified atom stereocenters. The summed E-state index contributed by atoms with van der Waals surface area (Å²) in [4.78, 5) is 10.1. The molecule has 1 aromatic carbocycles. The van der Waals surface area contributed by atoms with Gasteiger partial charge in [0.2, 0.25) is 0 Å². The molecule has 1 heterocycles. The van der Waals surface area contributed by atoms with Crippen LogP contribution in [0, 0.1) is 15.5 Å². The highest BCUT2D eigenvalue weighted by molar-refractivity contribution is 7.62. The molecule has 98 valence electrons. The molecule has 0 aromatic heterocycles. The van der Waals surface area contributed by atoms with E-state index < -0.39 is 12.5 Å². The first-order chi connectivity index (χ1) is 8.32. The van der Waals surface area contributed by atoms with Gasteiger partial charge >= 0.3 is 7.60 Å². The highest BCUT2D eigenvalue weighted by atomic mass is 31.2. The van der Waals surface area contributed by atoms with E-state index in [-0.39, 0.29) is 16.4 Å². The van der Waals surface area contributed by atoms with Crippen LogP contribution in [0.5, 0.6) is 0 Å². The normalized spacial score (nSPS) is 21.4. The molecule has 0 atom stereocenters. The number of hydrogen-bond donors (Lipinski definition) is 0. The summed E-state index contributed by atoms with van der Waals surface area (Å²) in [6.07, 6.45) is 0. The Morgan fingerprint density at radius 3 is 2.50 bits per heavy atom. The van der Waals surface area contributed by atoms with Crippen molar-refractivity contribution in [2.75, 3.05) is 13.2 Å². The van der Waals surface area contributed by atoms with Crippen molar-refractivity contribution in [2.24, 2.45) is 5.41 Å². The molecule has 0 N–H and O–H groups in total. The van der Waals surface area contributed by atoms with Gasteiger partial charge in [0.15, 0.2) is 0 Å². The molecule has 0 saturated carbocycles. The Morgan fingerprint density at radius 1 is 1.33 bits per heavy atom. The zero-order valence-corrected chi connectivity index (χ0v) is 11.1. The van der Waals surface area contributed by atoms with Crippen LogP contribution in [0.15, 0.2) is 24.3 Å². The van der Waals surface area contributed by atoms with E-state index in [2.05, 4.69) is 0 Å². The van der Waals surface area contributed by atoms with Gasteiger partial charge in [-0.1, -0.05) is 19.9 Å². The van der Waals surface area contributed by atoms with Gasteiger partial charge in [0.25, 0.3) is 5.69 Å². The van der Waals surface area contributed by atoms with E-state index in [1.807, 2.05) is 13.8 Å². The smallest absolute Gasteiger partial charge is 0.305 e. The van der Waals surface area contributed by atoms with Crippen LogP contribution in [-0.4, -0.2) is 18.1 Å². The second-order valence-electron chi connectivity index (χ2n) is 4.99. The molecule has 0 radical (unpaired) electrons. The van der Waals surface area contributed by atoms with Crippen LogP contribution < -0.4 is 5.30 Å². The van der Waals surface area contributed by atoms with Crippen molar-refractivity contribution in [2.45, 2.75) is 13.8 Å². The fraction of sp³-hybridized carbons (Fsp3) is 0.455. The molecule has 1 aliphatic rings. The monoisotopic (exact) mass is 271 g/mol. The van der Waals surface area contributed by atoms with Gasteiger partial charge in [-0.05, 0) is 6.07 Å². The minimum absolute atomic E-state index is 0.125. The quantitative estimate of drug-likeness (QED) is 0.469.